The van der Waals surface area contributed by atoms with Gasteiger partial charge in [0.05, 0.1) is 16.3 Å². The zero-order chi connectivity index (χ0) is 16.2. The summed E-state index contributed by atoms with van der Waals surface area (Å²) in [4.78, 5) is 17.0. The van der Waals surface area contributed by atoms with Gasteiger partial charge in [0.25, 0.3) is 0 Å². The summed E-state index contributed by atoms with van der Waals surface area (Å²) < 4.78 is 2.15. The summed E-state index contributed by atoms with van der Waals surface area (Å²) in [5.41, 5.74) is 2.88. The first kappa shape index (κ1) is 15.6. The van der Waals surface area contributed by atoms with E-state index < -0.39 is 0 Å². The van der Waals surface area contributed by atoms with Gasteiger partial charge in [0.15, 0.2) is 5.16 Å². The first-order valence-electron chi connectivity index (χ1n) is 7.67. The van der Waals surface area contributed by atoms with Crippen molar-refractivity contribution in [2.75, 3.05) is 5.32 Å². The number of hydrogen-bond donors (Lipinski definition) is 1. The number of benzene rings is 2. The number of hydrogen-bond acceptors (Lipinski definition) is 3. The molecule has 0 spiro atoms. The number of thioether (sulfide) groups is 1. The second-order valence-electron chi connectivity index (χ2n) is 5.24. The van der Waals surface area contributed by atoms with Crippen LogP contribution in [0.4, 0.5) is 5.69 Å². The minimum Gasteiger partial charge on any atom is -0.325 e. The number of imidazole rings is 1. The lowest BCUT2D eigenvalue weighted by atomic mass is 10.3. The molecule has 0 radical (unpaired) electrons. The molecule has 2 aromatic carbocycles. The van der Waals surface area contributed by atoms with Crippen LogP contribution in [0.1, 0.15) is 13.8 Å². The molecular weight excluding hydrogens is 306 g/mol. The van der Waals surface area contributed by atoms with Crippen LogP contribution in [0.25, 0.3) is 11.0 Å². The molecule has 0 fully saturated rings. The average molecular weight is 325 g/mol. The third-order valence-electron chi connectivity index (χ3n) is 3.63. The molecule has 5 heteroatoms. The maximum Gasteiger partial charge on any atom is 0.237 e. The van der Waals surface area contributed by atoms with E-state index in [1.807, 2.05) is 55.5 Å². The Balaban J connectivity index is 1.77. The van der Waals surface area contributed by atoms with E-state index in [-0.39, 0.29) is 11.2 Å². The fourth-order valence-electron chi connectivity index (χ4n) is 2.43. The smallest absolute Gasteiger partial charge is 0.237 e. The van der Waals surface area contributed by atoms with Gasteiger partial charge in [-0.3, -0.25) is 4.79 Å². The van der Waals surface area contributed by atoms with E-state index in [4.69, 9.17) is 0 Å². The Morgan fingerprint density at radius 3 is 2.61 bits per heavy atom. The quantitative estimate of drug-likeness (QED) is 0.716. The highest BCUT2D eigenvalue weighted by atomic mass is 32.2. The van der Waals surface area contributed by atoms with Crippen LogP contribution in [0.3, 0.4) is 0 Å². The molecule has 1 unspecified atom stereocenters. The molecule has 1 amide bonds. The summed E-state index contributed by atoms with van der Waals surface area (Å²) in [5.74, 6) is -0.0177. The van der Waals surface area contributed by atoms with Crippen LogP contribution >= 0.6 is 11.8 Å². The van der Waals surface area contributed by atoms with Crippen LogP contribution in [0.5, 0.6) is 0 Å². The van der Waals surface area contributed by atoms with E-state index >= 15 is 0 Å². The van der Waals surface area contributed by atoms with Crippen molar-refractivity contribution >= 4 is 34.4 Å². The number of fused-ring (bicyclic) bond motifs is 1. The fourth-order valence-corrected chi connectivity index (χ4v) is 3.41. The van der Waals surface area contributed by atoms with E-state index in [2.05, 4.69) is 27.9 Å². The Labute approximate surface area is 139 Å². The molecule has 3 rings (SSSR count). The third kappa shape index (κ3) is 3.40. The molecule has 1 atom stereocenters. The molecular formula is C18H19N3OS. The summed E-state index contributed by atoms with van der Waals surface area (Å²) in [6, 6.07) is 17.6. The number of amides is 1. The van der Waals surface area contributed by atoms with Crippen molar-refractivity contribution < 1.29 is 4.79 Å². The number of nitrogens with one attached hydrogen (secondary N) is 1. The summed E-state index contributed by atoms with van der Waals surface area (Å²) in [6.45, 7) is 4.82. The van der Waals surface area contributed by atoms with Crippen molar-refractivity contribution in [2.45, 2.75) is 30.8 Å². The lowest BCUT2D eigenvalue weighted by molar-refractivity contribution is -0.115. The Bertz CT molecular complexity index is 814. The SMILES string of the molecule is CCn1c(SC(C)C(=O)Nc2ccccc2)nc2ccccc21. The standard InChI is InChI=1S/C18H19N3OS/c1-3-21-16-12-8-7-11-15(16)20-18(21)23-13(2)17(22)19-14-9-5-4-6-10-14/h4-13H,3H2,1-2H3,(H,19,22). The molecule has 23 heavy (non-hydrogen) atoms. The first-order valence-corrected chi connectivity index (χ1v) is 8.55. The Morgan fingerprint density at radius 2 is 1.87 bits per heavy atom. The van der Waals surface area contributed by atoms with Crippen LogP contribution in [-0.4, -0.2) is 20.7 Å². The van der Waals surface area contributed by atoms with E-state index in [1.165, 1.54) is 11.8 Å². The van der Waals surface area contributed by atoms with Gasteiger partial charge in [-0.05, 0) is 38.1 Å². The Kier molecular flexibility index (Phi) is 4.67. The molecule has 0 aliphatic heterocycles. The van der Waals surface area contributed by atoms with Crippen molar-refractivity contribution in [2.24, 2.45) is 0 Å². The average Bonchev–Trinajstić information content (AvgIpc) is 2.92. The van der Waals surface area contributed by atoms with Gasteiger partial charge in [0.2, 0.25) is 5.91 Å². The number of aromatic nitrogens is 2. The lowest BCUT2D eigenvalue weighted by Gasteiger charge is -2.12. The van der Waals surface area contributed by atoms with Crippen molar-refractivity contribution in [3.05, 3.63) is 54.6 Å². The summed E-state index contributed by atoms with van der Waals surface area (Å²) in [5, 5.41) is 3.59. The number of para-hydroxylation sites is 3. The van der Waals surface area contributed by atoms with E-state index in [0.29, 0.717) is 0 Å². The molecule has 3 aromatic rings. The highest BCUT2D eigenvalue weighted by molar-refractivity contribution is 8.00. The Hall–Kier alpha value is -2.27. The molecule has 0 bridgehead atoms. The third-order valence-corrected chi connectivity index (χ3v) is 4.72. The minimum absolute atomic E-state index is 0.0177. The number of rotatable bonds is 5. The number of carbonyl (C=O) groups excluding carboxylic acids is 1. The number of anilines is 1. The van der Waals surface area contributed by atoms with Crippen molar-refractivity contribution in [1.29, 1.82) is 0 Å². The fraction of sp³-hybridized carbons (Fsp3) is 0.222. The summed E-state index contributed by atoms with van der Waals surface area (Å²) in [6.07, 6.45) is 0. The lowest BCUT2D eigenvalue weighted by Crippen LogP contribution is -2.22. The predicted octanol–water partition coefficient (Wildman–Crippen LogP) is 4.18. The largest absolute Gasteiger partial charge is 0.325 e. The van der Waals surface area contributed by atoms with Gasteiger partial charge in [-0.25, -0.2) is 4.98 Å². The second-order valence-corrected chi connectivity index (χ2v) is 6.55. The monoisotopic (exact) mass is 325 g/mol. The van der Waals surface area contributed by atoms with E-state index in [0.717, 1.165) is 28.4 Å². The molecule has 4 nitrogen and oxygen atoms in total. The molecule has 1 heterocycles. The van der Waals surface area contributed by atoms with Crippen LogP contribution in [0.15, 0.2) is 59.8 Å². The maximum absolute atomic E-state index is 12.4. The van der Waals surface area contributed by atoms with Crippen LogP contribution < -0.4 is 5.32 Å². The van der Waals surface area contributed by atoms with Crippen molar-refractivity contribution in [3.63, 3.8) is 0 Å². The first-order chi connectivity index (χ1) is 11.2. The Morgan fingerprint density at radius 1 is 1.17 bits per heavy atom. The number of aryl methyl sites for hydroxylation is 1. The molecule has 0 saturated heterocycles. The van der Waals surface area contributed by atoms with E-state index in [9.17, 15) is 4.79 Å². The van der Waals surface area contributed by atoms with Gasteiger partial charge >= 0.3 is 0 Å². The van der Waals surface area contributed by atoms with Gasteiger partial charge in [-0.2, -0.15) is 0 Å². The highest BCUT2D eigenvalue weighted by Gasteiger charge is 2.19. The number of nitrogens with zero attached hydrogens (tertiary/aromatic N) is 2. The molecule has 1 aromatic heterocycles. The normalized spacial score (nSPS) is 12.3. The van der Waals surface area contributed by atoms with Gasteiger partial charge in [-0.1, -0.05) is 42.1 Å². The van der Waals surface area contributed by atoms with Gasteiger partial charge in [0, 0.05) is 12.2 Å². The van der Waals surface area contributed by atoms with Crippen LogP contribution in [0.2, 0.25) is 0 Å². The minimum atomic E-state index is -0.225. The summed E-state index contributed by atoms with van der Waals surface area (Å²) >= 11 is 1.49. The molecule has 1 N–H and O–H groups in total. The summed E-state index contributed by atoms with van der Waals surface area (Å²) in [7, 11) is 0. The van der Waals surface area contributed by atoms with Crippen molar-refractivity contribution in [1.82, 2.24) is 9.55 Å². The number of carbonyl (C=O) groups is 1. The van der Waals surface area contributed by atoms with Gasteiger partial charge in [0.1, 0.15) is 0 Å². The van der Waals surface area contributed by atoms with E-state index in [1.54, 1.807) is 0 Å². The zero-order valence-corrected chi connectivity index (χ0v) is 14.0. The maximum atomic E-state index is 12.4. The molecule has 0 saturated carbocycles. The van der Waals surface area contributed by atoms with Crippen LogP contribution in [0, 0.1) is 0 Å². The topological polar surface area (TPSA) is 46.9 Å². The molecule has 0 aliphatic carbocycles. The second kappa shape index (κ2) is 6.87. The predicted molar refractivity (Wildman–Crippen MR) is 95.8 cm³/mol. The van der Waals surface area contributed by atoms with Gasteiger partial charge in [-0.15, -0.1) is 0 Å². The van der Waals surface area contributed by atoms with Crippen molar-refractivity contribution in [3.8, 4) is 0 Å². The zero-order valence-electron chi connectivity index (χ0n) is 13.2. The molecule has 118 valence electrons. The van der Waals surface area contributed by atoms with Crippen LogP contribution in [-0.2, 0) is 11.3 Å². The highest BCUT2D eigenvalue weighted by Crippen LogP contribution is 2.27. The molecule has 0 aliphatic rings. The van der Waals surface area contributed by atoms with Gasteiger partial charge < -0.3 is 9.88 Å².